The van der Waals surface area contributed by atoms with E-state index in [1.54, 1.807) is 0 Å². The molecule has 2 aliphatic rings. The molecule has 0 N–H and O–H groups in total. The molecule has 0 aliphatic heterocycles. The highest BCUT2D eigenvalue weighted by atomic mass is 16.5. The molecule has 2 saturated carbocycles. The molecule has 0 saturated heterocycles. The largest absolute Gasteiger partial charge is 0.374 e. The number of hydrogen-bond acceptors (Lipinski definition) is 2. The maximum atomic E-state index is 6.79. The molecule has 24 heavy (non-hydrogen) atoms. The van der Waals surface area contributed by atoms with Gasteiger partial charge in [-0.3, -0.25) is 0 Å². The van der Waals surface area contributed by atoms with Crippen LogP contribution in [-0.4, -0.2) is 37.7 Å². The van der Waals surface area contributed by atoms with E-state index in [0.29, 0.717) is 5.41 Å². The molecule has 2 bridgehead atoms. The Kier molecular flexibility index (Phi) is 4.83. The Hall–Kier alpha value is -0.860. The summed E-state index contributed by atoms with van der Waals surface area (Å²) >= 11 is 0. The Labute approximate surface area is 148 Å². The van der Waals surface area contributed by atoms with Crippen LogP contribution >= 0.6 is 0 Å². The van der Waals surface area contributed by atoms with Gasteiger partial charge in [0.25, 0.3) is 0 Å². The van der Waals surface area contributed by atoms with Crippen LogP contribution in [0.1, 0.15) is 52.0 Å². The highest BCUT2D eigenvalue weighted by molar-refractivity contribution is 5.25. The fourth-order valence-electron chi connectivity index (χ4n) is 5.50. The molecule has 1 aromatic carbocycles. The third-order valence-corrected chi connectivity index (χ3v) is 7.48. The Morgan fingerprint density at radius 1 is 1.12 bits per heavy atom. The molecule has 2 aliphatic carbocycles. The zero-order valence-corrected chi connectivity index (χ0v) is 16.3. The first-order valence-electron chi connectivity index (χ1n) is 9.63. The van der Waals surface area contributed by atoms with Crippen LogP contribution in [0, 0.1) is 16.7 Å². The van der Waals surface area contributed by atoms with Crippen LogP contribution in [0.5, 0.6) is 0 Å². The third kappa shape index (κ3) is 2.82. The summed E-state index contributed by atoms with van der Waals surface area (Å²) in [5, 5.41) is 0. The molecule has 2 fully saturated rings. The van der Waals surface area contributed by atoms with Crippen molar-refractivity contribution >= 4 is 0 Å². The van der Waals surface area contributed by atoms with Crippen molar-refractivity contribution in [3.8, 4) is 0 Å². The zero-order valence-electron chi connectivity index (χ0n) is 16.3. The lowest BCUT2D eigenvalue weighted by atomic mass is 9.62. The first-order chi connectivity index (χ1) is 11.3. The van der Waals surface area contributed by atoms with Crippen LogP contribution in [0.2, 0.25) is 0 Å². The molecule has 0 heterocycles. The molecule has 0 spiro atoms. The van der Waals surface area contributed by atoms with Gasteiger partial charge in [-0.05, 0) is 63.2 Å². The highest BCUT2D eigenvalue weighted by Crippen LogP contribution is 2.71. The lowest BCUT2D eigenvalue weighted by Gasteiger charge is -2.49. The van der Waals surface area contributed by atoms with Gasteiger partial charge in [-0.2, -0.15) is 0 Å². The normalized spacial score (nSPS) is 34.2. The average Bonchev–Trinajstić information content (AvgIpc) is 2.85. The van der Waals surface area contributed by atoms with Crippen molar-refractivity contribution in [1.29, 1.82) is 0 Å². The molecule has 0 amide bonds. The number of rotatable bonds is 7. The van der Waals surface area contributed by atoms with Gasteiger partial charge in [-0.1, -0.05) is 51.1 Å². The van der Waals surface area contributed by atoms with Crippen molar-refractivity contribution in [2.24, 2.45) is 16.7 Å². The second-order valence-electron chi connectivity index (χ2n) is 9.16. The third-order valence-electron chi connectivity index (χ3n) is 7.48. The van der Waals surface area contributed by atoms with E-state index in [-0.39, 0.29) is 11.0 Å². The molecular formula is C22H35NO. The van der Waals surface area contributed by atoms with Gasteiger partial charge in [0.15, 0.2) is 0 Å². The van der Waals surface area contributed by atoms with E-state index in [0.717, 1.165) is 31.9 Å². The smallest absolute Gasteiger partial charge is 0.0783 e. The topological polar surface area (TPSA) is 12.5 Å². The first-order valence-corrected chi connectivity index (χ1v) is 9.63. The quantitative estimate of drug-likeness (QED) is 0.667. The van der Waals surface area contributed by atoms with Gasteiger partial charge >= 0.3 is 0 Å². The average molecular weight is 330 g/mol. The van der Waals surface area contributed by atoms with Crippen molar-refractivity contribution in [1.82, 2.24) is 4.90 Å². The van der Waals surface area contributed by atoms with Crippen LogP contribution in [0.4, 0.5) is 0 Å². The van der Waals surface area contributed by atoms with E-state index in [1.807, 2.05) is 0 Å². The summed E-state index contributed by atoms with van der Waals surface area (Å²) in [6.45, 7) is 9.46. The minimum absolute atomic E-state index is 0.00703. The fraction of sp³-hybridized carbons (Fsp3) is 0.727. The van der Waals surface area contributed by atoms with E-state index in [2.05, 4.69) is 70.1 Å². The van der Waals surface area contributed by atoms with Gasteiger partial charge in [0, 0.05) is 18.4 Å². The van der Waals surface area contributed by atoms with Crippen molar-refractivity contribution < 1.29 is 4.74 Å². The summed E-state index contributed by atoms with van der Waals surface area (Å²) in [6, 6.07) is 11.0. The Morgan fingerprint density at radius 2 is 1.83 bits per heavy atom. The summed E-state index contributed by atoms with van der Waals surface area (Å²) in [4.78, 5) is 2.25. The number of nitrogens with zero attached hydrogens (tertiary/aromatic N) is 1. The molecule has 0 unspecified atom stereocenters. The van der Waals surface area contributed by atoms with E-state index >= 15 is 0 Å². The number of ether oxygens (including phenoxy) is 1. The van der Waals surface area contributed by atoms with Crippen molar-refractivity contribution in [3.63, 3.8) is 0 Å². The summed E-state index contributed by atoms with van der Waals surface area (Å²) < 4.78 is 6.79. The van der Waals surface area contributed by atoms with Crippen molar-refractivity contribution in [2.45, 2.75) is 58.5 Å². The Bertz CT molecular complexity index is 552. The second-order valence-corrected chi connectivity index (χ2v) is 9.16. The van der Waals surface area contributed by atoms with E-state index < -0.39 is 0 Å². The van der Waals surface area contributed by atoms with Crippen LogP contribution in [0.25, 0.3) is 0 Å². The fourth-order valence-corrected chi connectivity index (χ4v) is 5.50. The van der Waals surface area contributed by atoms with Gasteiger partial charge in [-0.15, -0.1) is 0 Å². The van der Waals surface area contributed by atoms with Gasteiger partial charge < -0.3 is 9.64 Å². The standard InChI is InChI=1S/C22H35NO/c1-20(2)19-12-13-21(20,3)22(17-19,24-15-9-14-23(4)5)16-18-10-7-6-8-11-18/h6-8,10-11,19H,9,12-17H2,1-5H3/t19-,21-,22-/m1/s1. The summed E-state index contributed by atoms with van der Waals surface area (Å²) in [6.07, 6.45) is 6.09. The summed E-state index contributed by atoms with van der Waals surface area (Å²) in [5.74, 6) is 0.806. The molecule has 3 atom stereocenters. The van der Waals surface area contributed by atoms with Crippen LogP contribution in [-0.2, 0) is 11.2 Å². The van der Waals surface area contributed by atoms with Crippen molar-refractivity contribution in [2.75, 3.05) is 27.2 Å². The zero-order chi connectivity index (χ0) is 17.4. The Balaban J connectivity index is 1.83. The van der Waals surface area contributed by atoms with Gasteiger partial charge in [0.05, 0.1) is 5.60 Å². The SMILES string of the molecule is CN(C)CCCO[C@]1(Cc2ccccc2)C[C@H]2CC[C@]1(C)C2(C)C. The first kappa shape index (κ1) is 17.9. The lowest BCUT2D eigenvalue weighted by molar-refractivity contribution is -0.139. The van der Waals surface area contributed by atoms with Gasteiger partial charge in [-0.25, -0.2) is 0 Å². The maximum absolute atomic E-state index is 6.79. The minimum Gasteiger partial charge on any atom is -0.374 e. The summed E-state index contributed by atoms with van der Waals surface area (Å²) in [7, 11) is 4.28. The van der Waals surface area contributed by atoms with Gasteiger partial charge in [0.2, 0.25) is 0 Å². The van der Waals surface area contributed by atoms with Crippen LogP contribution < -0.4 is 0 Å². The van der Waals surface area contributed by atoms with E-state index in [1.165, 1.54) is 24.8 Å². The molecule has 3 rings (SSSR count). The molecule has 0 aromatic heterocycles. The lowest BCUT2D eigenvalue weighted by Crippen LogP contribution is -2.51. The van der Waals surface area contributed by atoms with Crippen molar-refractivity contribution in [3.05, 3.63) is 35.9 Å². The Morgan fingerprint density at radius 3 is 2.38 bits per heavy atom. The molecule has 1 aromatic rings. The second kappa shape index (κ2) is 6.46. The molecular weight excluding hydrogens is 294 g/mol. The molecule has 0 radical (unpaired) electrons. The maximum Gasteiger partial charge on any atom is 0.0783 e. The highest BCUT2D eigenvalue weighted by Gasteiger charge is 2.69. The van der Waals surface area contributed by atoms with E-state index in [4.69, 9.17) is 4.74 Å². The summed E-state index contributed by atoms with van der Waals surface area (Å²) in [5.41, 5.74) is 2.09. The minimum atomic E-state index is 0.00703. The molecule has 2 heteroatoms. The molecule has 2 nitrogen and oxygen atoms in total. The number of fused-ring (bicyclic) bond motifs is 2. The number of benzene rings is 1. The predicted molar refractivity (Wildman–Crippen MR) is 101 cm³/mol. The van der Waals surface area contributed by atoms with Gasteiger partial charge in [0.1, 0.15) is 0 Å². The molecule has 134 valence electrons. The number of hydrogen-bond donors (Lipinski definition) is 0. The predicted octanol–water partition coefficient (Wildman–Crippen LogP) is 4.78. The van der Waals surface area contributed by atoms with E-state index in [9.17, 15) is 0 Å². The van der Waals surface area contributed by atoms with Crippen LogP contribution in [0.15, 0.2) is 30.3 Å². The van der Waals surface area contributed by atoms with Crippen LogP contribution in [0.3, 0.4) is 0 Å². The monoisotopic (exact) mass is 329 g/mol.